The topological polar surface area (TPSA) is 74.8 Å². The number of amides is 1. The number of ether oxygens (including phenoxy) is 1. The van der Waals surface area contributed by atoms with Gasteiger partial charge in [-0.1, -0.05) is 12.1 Å². The summed E-state index contributed by atoms with van der Waals surface area (Å²) in [4.78, 5) is 15.7. The first kappa shape index (κ1) is 17.8. The maximum absolute atomic E-state index is 11.5. The van der Waals surface area contributed by atoms with Gasteiger partial charge in [-0.05, 0) is 31.5 Å². The van der Waals surface area contributed by atoms with E-state index in [0.29, 0.717) is 25.5 Å². The number of rotatable bonds is 7. The summed E-state index contributed by atoms with van der Waals surface area (Å²) >= 11 is 0. The highest BCUT2D eigenvalue weighted by Gasteiger charge is 2.04. The lowest BCUT2D eigenvalue weighted by Crippen LogP contribution is -2.39. The third-order valence-electron chi connectivity index (χ3n) is 2.94. The molecule has 0 fully saturated rings. The van der Waals surface area contributed by atoms with Crippen LogP contribution in [-0.2, 0) is 11.3 Å². The fourth-order valence-corrected chi connectivity index (χ4v) is 1.84. The molecule has 0 heterocycles. The third-order valence-corrected chi connectivity index (χ3v) is 2.94. The smallest absolute Gasteiger partial charge is 0.221 e. The SMILES string of the molecule is CN=C(NCCC(=O)NC(C)C)NCc1ccc(OC)cc1. The maximum atomic E-state index is 11.5. The fraction of sp³-hybridized carbons (Fsp3) is 0.500. The molecule has 0 aliphatic heterocycles. The van der Waals surface area contributed by atoms with Crippen LogP contribution in [0.15, 0.2) is 29.3 Å². The molecule has 0 aromatic heterocycles. The van der Waals surface area contributed by atoms with Gasteiger partial charge in [0.05, 0.1) is 7.11 Å². The summed E-state index contributed by atoms with van der Waals surface area (Å²) in [6.45, 7) is 5.09. The Hall–Kier alpha value is -2.24. The van der Waals surface area contributed by atoms with Crippen molar-refractivity contribution in [3.8, 4) is 5.75 Å². The van der Waals surface area contributed by atoms with Gasteiger partial charge >= 0.3 is 0 Å². The van der Waals surface area contributed by atoms with Crippen LogP contribution in [0.3, 0.4) is 0 Å². The molecule has 1 aromatic carbocycles. The van der Waals surface area contributed by atoms with Crippen molar-refractivity contribution in [2.45, 2.75) is 32.9 Å². The summed E-state index contributed by atoms with van der Waals surface area (Å²) < 4.78 is 5.12. The van der Waals surface area contributed by atoms with Gasteiger partial charge in [0, 0.05) is 32.6 Å². The minimum absolute atomic E-state index is 0.0353. The summed E-state index contributed by atoms with van der Waals surface area (Å²) in [6, 6.07) is 8.00. The first-order chi connectivity index (χ1) is 10.5. The molecule has 0 saturated heterocycles. The van der Waals surface area contributed by atoms with Crippen LogP contribution >= 0.6 is 0 Å². The monoisotopic (exact) mass is 306 g/mol. The number of methoxy groups -OCH3 is 1. The summed E-state index contributed by atoms with van der Waals surface area (Å²) in [5.74, 6) is 1.55. The van der Waals surface area contributed by atoms with E-state index in [1.807, 2.05) is 38.1 Å². The molecule has 0 aliphatic carbocycles. The second-order valence-corrected chi connectivity index (χ2v) is 5.17. The lowest BCUT2D eigenvalue weighted by Gasteiger charge is -2.13. The van der Waals surface area contributed by atoms with Crippen molar-refractivity contribution >= 4 is 11.9 Å². The Morgan fingerprint density at radius 3 is 2.45 bits per heavy atom. The van der Waals surface area contributed by atoms with Crippen molar-refractivity contribution in [2.24, 2.45) is 4.99 Å². The van der Waals surface area contributed by atoms with Crippen molar-refractivity contribution in [3.05, 3.63) is 29.8 Å². The van der Waals surface area contributed by atoms with Gasteiger partial charge in [0.1, 0.15) is 5.75 Å². The molecule has 0 aliphatic rings. The number of aliphatic imine (C=N–C) groups is 1. The summed E-state index contributed by atoms with van der Waals surface area (Å²) in [5, 5.41) is 9.18. The quantitative estimate of drug-likeness (QED) is 0.524. The van der Waals surface area contributed by atoms with Crippen LogP contribution in [0, 0.1) is 0 Å². The average Bonchev–Trinajstić information content (AvgIpc) is 2.50. The standard InChI is InChI=1S/C16H26N4O2/c1-12(2)20-15(21)9-10-18-16(17-3)19-11-13-5-7-14(22-4)8-6-13/h5-8,12H,9-11H2,1-4H3,(H,20,21)(H2,17,18,19). The van der Waals surface area contributed by atoms with Gasteiger partial charge in [-0.25, -0.2) is 0 Å². The molecule has 0 spiro atoms. The Morgan fingerprint density at radius 2 is 1.91 bits per heavy atom. The second kappa shape index (κ2) is 9.65. The first-order valence-electron chi connectivity index (χ1n) is 7.42. The van der Waals surface area contributed by atoms with Gasteiger partial charge in [0.25, 0.3) is 0 Å². The highest BCUT2D eigenvalue weighted by atomic mass is 16.5. The Kier molecular flexibility index (Phi) is 7.81. The molecule has 0 unspecified atom stereocenters. The molecule has 1 aromatic rings. The zero-order chi connectivity index (χ0) is 16.4. The van der Waals surface area contributed by atoms with Gasteiger partial charge in [-0.3, -0.25) is 9.79 Å². The van der Waals surface area contributed by atoms with Crippen molar-refractivity contribution < 1.29 is 9.53 Å². The normalized spacial score (nSPS) is 11.2. The lowest BCUT2D eigenvalue weighted by atomic mass is 10.2. The van der Waals surface area contributed by atoms with E-state index in [9.17, 15) is 4.79 Å². The fourth-order valence-electron chi connectivity index (χ4n) is 1.84. The largest absolute Gasteiger partial charge is 0.497 e. The van der Waals surface area contributed by atoms with E-state index < -0.39 is 0 Å². The van der Waals surface area contributed by atoms with Gasteiger partial charge in [-0.2, -0.15) is 0 Å². The number of nitrogens with zero attached hydrogens (tertiary/aromatic N) is 1. The van der Waals surface area contributed by atoms with Gasteiger partial charge < -0.3 is 20.7 Å². The predicted octanol–water partition coefficient (Wildman–Crippen LogP) is 1.27. The van der Waals surface area contributed by atoms with Crippen LogP contribution in [0.25, 0.3) is 0 Å². The van der Waals surface area contributed by atoms with Crippen LogP contribution in [0.5, 0.6) is 5.75 Å². The zero-order valence-corrected chi connectivity index (χ0v) is 13.8. The van der Waals surface area contributed by atoms with Crippen LogP contribution in [0.4, 0.5) is 0 Å². The molecule has 0 radical (unpaired) electrons. The molecule has 122 valence electrons. The average molecular weight is 306 g/mol. The Labute approximate surface area is 132 Å². The second-order valence-electron chi connectivity index (χ2n) is 5.17. The van der Waals surface area contributed by atoms with Crippen molar-refractivity contribution in [3.63, 3.8) is 0 Å². The number of benzene rings is 1. The molecular formula is C16H26N4O2. The van der Waals surface area contributed by atoms with E-state index in [0.717, 1.165) is 11.3 Å². The lowest BCUT2D eigenvalue weighted by molar-refractivity contribution is -0.121. The molecular weight excluding hydrogens is 280 g/mol. The first-order valence-corrected chi connectivity index (χ1v) is 7.42. The summed E-state index contributed by atoms with van der Waals surface area (Å²) in [6.07, 6.45) is 0.418. The number of hydrogen-bond acceptors (Lipinski definition) is 3. The number of hydrogen-bond donors (Lipinski definition) is 3. The van der Waals surface area contributed by atoms with E-state index in [-0.39, 0.29) is 11.9 Å². The minimum atomic E-state index is 0.0353. The molecule has 6 nitrogen and oxygen atoms in total. The molecule has 1 amide bonds. The van der Waals surface area contributed by atoms with Gasteiger partial charge in [0.2, 0.25) is 5.91 Å². The zero-order valence-electron chi connectivity index (χ0n) is 13.8. The van der Waals surface area contributed by atoms with Crippen LogP contribution in [0.1, 0.15) is 25.8 Å². The number of nitrogens with one attached hydrogen (secondary N) is 3. The molecule has 6 heteroatoms. The van der Waals surface area contributed by atoms with E-state index in [4.69, 9.17) is 4.74 Å². The Morgan fingerprint density at radius 1 is 1.23 bits per heavy atom. The maximum Gasteiger partial charge on any atom is 0.221 e. The Bertz CT molecular complexity index is 483. The highest BCUT2D eigenvalue weighted by molar-refractivity contribution is 5.81. The summed E-state index contributed by atoms with van der Waals surface area (Å²) in [5.41, 5.74) is 1.13. The minimum Gasteiger partial charge on any atom is -0.497 e. The van der Waals surface area contributed by atoms with E-state index in [2.05, 4.69) is 20.9 Å². The van der Waals surface area contributed by atoms with Crippen LogP contribution in [0.2, 0.25) is 0 Å². The molecule has 3 N–H and O–H groups in total. The van der Waals surface area contributed by atoms with Crippen LogP contribution < -0.4 is 20.7 Å². The van der Waals surface area contributed by atoms with Crippen molar-refractivity contribution in [2.75, 3.05) is 20.7 Å². The van der Waals surface area contributed by atoms with Crippen molar-refractivity contribution in [1.82, 2.24) is 16.0 Å². The van der Waals surface area contributed by atoms with Gasteiger partial charge in [-0.15, -0.1) is 0 Å². The molecule has 22 heavy (non-hydrogen) atoms. The Balaban J connectivity index is 2.31. The molecule has 0 bridgehead atoms. The van der Waals surface area contributed by atoms with E-state index >= 15 is 0 Å². The van der Waals surface area contributed by atoms with Crippen LogP contribution in [-0.4, -0.2) is 38.6 Å². The van der Waals surface area contributed by atoms with Crippen molar-refractivity contribution in [1.29, 1.82) is 0 Å². The third kappa shape index (κ3) is 6.97. The molecule has 0 atom stereocenters. The molecule has 1 rings (SSSR count). The van der Waals surface area contributed by atoms with E-state index in [1.54, 1.807) is 14.2 Å². The number of carbonyl (C=O) groups excluding carboxylic acids is 1. The molecule has 0 saturated carbocycles. The number of carbonyl (C=O) groups is 1. The van der Waals surface area contributed by atoms with Gasteiger partial charge in [0.15, 0.2) is 5.96 Å². The predicted molar refractivity (Wildman–Crippen MR) is 89.1 cm³/mol. The van der Waals surface area contributed by atoms with E-state index in [1.165, 1.54) is 0 Å². The highest BCUT2D eigenvalue weighted by Crippen LogP contribution is 2.10. The summed E-state index contributed by atoms with van der Waals surface area (Å²) in [7, 11) is 3.35. The number of guanidine groups is 1.